The number of hydrogen-bond donors (Lipinski definition) is 1. The molecule has 0 unspecified atom stereocenters. The third-order valence-electron chi connectivity index (χ3n) is 2.88. The molecule has 0 aliphatic rings. The van der Waals surface area contributed by atoms with Gasteiger partial charge in [-0.05, 0) is 30.7 Å². The van der Waals surface area contributed by atoms with Crippen LogP contribution in [-0.2, 0) is 17.8 Å². The highest BCUT2D eigenvalue weighted by Gasteiger charge is 2.06. The van der Waals surface area contributed by atoms with Crippen molar-refractivity contribution in [3.05, 3.63) is 57.7 Å². The standard InChI is InChI=1S/C15H16ClN3O2/c1-2-3-13-8-15(21)19(10-17-13)9-14(20)18-12-6-4-11(16)5-7-12/h4-8,10H,2-3,9H2,1H3,(H,18,20). The largest absolute Gasteiger partial charge is 0.325 e. The van der Waals surface area contributed by atoms with E-state index in [9.17, 15) is 9.59 Å². The lowest BCUT2D eigenvalue weighted by atomic mass is 10.2. The Bertz CT molecular complexity index is 680. The highest BCUT2D eigenvalue weighted by Crippen LogP contribution is 2.13. The van der Waals surface area contributed by atoms with Crippen LogP contribution in [0.1, 0.15) is 19.0 Å². The summed E-state index contributed by atoms with van der Waals surface area (Å²) < 4.78 is 1.28. The summed E-state index contributed by atoms with van der Waals surface area (Å²) in [6, 6.07) is 8.24. The summed E-state index contributed by atoms with van der Waals surface area (Å²) >= 11 is 5.77. The molecule has 2 aromatic rings. The van der Waals surface area contributed by atoms with Crippen molar-refractivity contribution >= 4 is 23.2 Å². The Morgan fingerprint density at radius 3 is 2.67 bits per heavy atom. The van der Waals surface area contributed by atoms with Crippen molar-refractivity contribution in [1.82, 2.24) is 9.55 Å². The van der Waals surface area contributed by atoms with Crippen LogP contribution in [0, 0.1) is 0 Å². The van der Waals surface area contributed by atoms with E-state index in [0.717, 1.165) is 18.5 Å². The van der Waals surface area contributed by atoms with Gasteiger partial charge >= 0.3 is 0 Å². The van der Waals surface area contributed by atoms with Crippen LogP contribution >= 0.6 is 11.6 Å². The summed E-state index contributed by atoms with van der Waals surface area (Å²) in [6.45, 7) is 1.95. The average molecular weight is 306 g/mol. The van der Waals surface area contributed by atoms with Crippen LogP contribution in [0.3, 0.4) is 0 Å². The Balaban J connectivity index is 2.02. The lowest BCUT2D eigenvalue weighted by Crippen LogP contribution is -2.27. The molecule has 1 heterocycles. The molecule has 0 radical (unpaired) electrons. The lowest BCUT2D eigenvalue weighted by molar-refractivity contribution is -0.116. The number of aryl methyl sites for hydroxylation is 1. The molecule has 5 nitrogen and oxygen atoms in total. The molecule has 0 saturated carbocycles. The van der Waals surface area contributed by atoms with E-state index in [1.807, 2.05) is 6.92 Å². The molecule has 1 aromatic carbocycles. The van der Waals surface area contributed by atoms with Gasteiger partial charge in [0.05, 0.1) is 6.33 Å². The molecule has 0 saturated heterocycles. The summed E-state index contributed by atoms with van der Waals surface area (Å²) in [6.07, 6.45) is 3.09. The second-order valence-electron chi connectivity index (χ2n) is 4.65. The molecule has 1 N–H and O–H groups in total. The third kappa shape index (κ3) is 4.43. The molecule has 21 heavy (non-hydrogen) atoms. The molecule has 1 aromatic heterocycles. The van der Waals surface area contributed by atoms with Crippen LogP contribution in [0.2, 0.25) is 5.02 Å². The Morgan fingerprint density at radius 2 is 2.05 bits per heavy atom. The molecule has 110 valence electrons. The van der Waals surface area contributed by atoms with E-state index in [0.29, 0.717) is 10.7 Å². The fourth-order valence-corrected chi connectivity index (χ4v) is 1.99. The highest BCUT2D eigenvalue weighted by molar-refractivity contribution is 6.30. The van der Waals surface area contributed by atoms with E-state index in [2.05, 4.69) is 10.3 Å². The van der Waals surface area contributed by atoms with Gasteiger partial charge in [-0.25, -0.2) is 4.98 Å². The van der Waals surface area contributed by atoms with Gasteiger partial charge in [0.25, 0.3) is 5.56 Å². The van der Waals surface area contributed by atoms with Gasteiger partial charge in [0, 0.05) is 22.5 Å². The minimum absolute atomic E-state index is 0.0686. The fraction of sp³-hybridized carbons (Fsp3) is 0.267. The number of aromatic nitrogens is 2. The second-order valence-corrected chi connectivity index (χ2v) is 5.09. The van der Waals surface area contributed by atoms with Gasteiger partial charge in [0.2, 0.25) is 5.91 Å². The van der Waals surface area contributed by atoms with Gasteiger partial charge in [0.15, 0.2) is 0 Å². The molecular formula is C15H16ClN3O2. The molecule has 2 rings (SSSR count). The molecule has 0 aliphatic heterocycles. The lowest BCUT2D eigenvalue weighted by Gasteiger charge is -2.07. The molecule has 0 spiro atoms. The molecule has 0 aliphatic carbocycles. The van der Waals surface area contributed by atoms with Crippen LogP contribution in [0.5, 0.6) is 0 Å². The number of carbonyl (C=O) groups is 1. The first-order chi connectivity index (χ1) is 10.1. The molecule has 1 amide bonds. The Kier molecular flexibility index (Phi) is 5.11. The van der Waals surface area contributed by atoms with E-state index in [1.54, 1.807) is 24.3 Å². The number of rotatable bonds is 5. The number of amides is 1. The van der Waals surface area contributed by atoms with E-state index in [-0.39, 0.29) is 18.0 Å². The first kappa shape index (κ1) is 15.3. The SMILES string of the molecule is CCCc1cc(=O)n(CC(=O)Nc2ccc(Cl)cc2)cn1. The van der Waals surface area contributed by atoms with Crippen LogP contribution in [0.25, 0.3) is 0 Å². The number of carbonyl (C=O) groups excluding carboxylic acids is 1. The predicted molar refractivity (Wildman–Crippen MR) is 82.6 cm³/mol. The summed E-state index contributed by atoms with van der Waals surface area (Å²) in [7, 11) is 0. The highest BCUT2D eigenvalue weighted by atomic mass is 35.5. The van der Waals surface area contributed by atoms with Gasteiger partial charge in [-0.3, -0.25) is 14.2 Å². The molecular weight excluding hydrogens is 290 g/mol. The number of nitrogens with zero attached hydrogens (tertiary/aromatic N) is 2. The minimum atomic E-state index is -0.288. The monoisotopic (exact) mass is 305 g/mol. The number of hydrogen-bond acceptors (Lipinski definition) is 3. The van der Waals surface area contributed by atoms with Gasteiger partial charge in [-0.1, -0.05) is 24.9 Å². The van der Waals surface area contributed by atoms with Crippen LogP contribution in [0.4, 0.5) is 5.69 Å². The molecule has 0 bridgehead atoms. The van der Waals surface area contributed by atoms with Gasteiger partial charge in [-0.2, -0.15) is 0 Å². The quantitative estimate of drug-likeness (QED) is 0.923. The summed E-state index contributed by atoms with van der Waals surface area (Å²) in [5, 5.41) is 3.30. The van der Waals surface area contributed by atoms with Crippen molar-refractivity contribution in [2.45, 2.75) is 26.3 Å². The minimum Gasteiger partial charge on any atom is -0.325 e. The van der Waals surface area contributed by atoms with E-state index in [4.69, 9.17) is 11.6 Å². The van der Waals surface area contributed by atoms with Crippen molar-refractivity contribution in [2.75, 3.05) is 5.32 Å². The van der Waals surface area contributed by atoms with Crippen molar-refractivity contribution < 1.29 is 4.79 Å². The molecule has 0 fully saturated rings. The summed E-state index contributed by atoms with van der Waals surface area (Å²) in [4.78, 5) is 27.9. The first-order valence-electron chi connectivity index (χ1n) is 6.69. The topological polar surface area (TPSA) is 64.0 Å². The number of benzene rings is 1. The second kappa shape index (κ2) is 7.04. The van der Waals surface area contributed by atoms with Gasteiger partial charge in [-0.15, -0.1) is 0 Å². The van der Waals surface area contributed by atoms with Crippen LogP contribution in [0.15, 0.2) is 41.5 Å². The van der Waals surface area contributed by atoms with E-state index >= 15 is 0 Å². The van der Waals surface area contributed by atoms with Crippen molar-refractivity contribution in [3.63, 3.8) is 0 Å². The number of halogens is 1. The maximum atomic E-state index is 11.9. The number of anilines is 1. The Labute approximate surface area is 127 Å². The maximum Gasteiger partial charge on any atom is 0.253 e. The molecule has 6 heteroatoms. The maximum absolute atomic E-state index is 11.9. The third-order valence-corrected chi connectivity index (χ3v) is 3.14. The normalized spacial score (nSPS) is 10.4. The Hall–Kier alpha value is -2.14. The smallest absolute Gasteiger partial charge is 0.253 e. The molecule has 0 atom stereocenters. The average Bonchev–Trinajstić information content (AvgIpc) is 2.45. The van der Waals surface area contributed by atoms with Crippen molar-refractivity contribution in [3.8, 4) is 0 Å². The Morgan fingerprint density at radius 1 is 1.33 bits per heavy atom. The van der Waals surface area contributed by atoms with Crippen LogP contribution in [-0.4, -0.2) is 15.5 Å². The zero-order valence-corrected chi connectivity index (χ0v) is 12.4. The summed E-state index contributed by atoms with van der Waals surface area (Å²) in [5.74, 6) is -0.288. The number of nitrogens with one attached hydrogen (secondary N) is 1. The van der Waals surface area contributed by atoms with Gasteiger partial charge in [0.1, 0.15) is 6.54 Å². The summed E-state index contributed by atoms with van der Waals surface area (Å²) in [5.41, 5.74) is 1.16. The zero-order chi connectivity index (χ0) is 15.2. The fourth-order valence-electron chi connectivity index (χ4n) is 1.86. The van der Waals surface area contributed by atoms with Crippen LogP contribution < -0.4 is 10.9 Å². The first-order valence-corrected chi connectivity index (χ1v) is 7.07. The van der Waals surface area contributed by atoms with E-state index < -0.39 is 0 Å². The van der Waals surface area contributed by atoms with Crippen molar-refractivity contribution in [1.29, 1.82) is 0 Å². The van der Waals surface area contributed by atoms with E-state index in [1.165, 1.54) is 17.0 Å². The van der Waals surface area contributed by atoms with Gasteiger partial charge < -0.3 is 5.32 Å². The predicted octanol–water partition coefficient (Wildman–Crippen LogP) is 2.49. The zero-order valence-electron chi connectivity index (χ0n) is 11.7. The van der Waals surface area contributed by atoms with Crippen molar-refractivity contribution in [2.24, 2.45) is 0 Å².